The second-order valence-corrected chi connectivity index (χ2v) is 5.42. The zero-order chi connectivity index (χ0) is 16.0. The third kappa shape index (κ3) is 17.6. The van der Waals surface area contributed by atoms with Crippen molar-refractivity contribution in [1.82, 2.24) is 0 Å². The summed E-state index contributed by atoms with van der Waals surface area (Å²) in [5.74, 6) is 0. The van der Waals surface area contributed by atoms with Crippen molar-refractivity contribution in [3.05, 3.63) is 0 Å². The highest BCUT2D eigenvalue weighted by Gasteiger charge is 2.27. The highest BCUT2D eigenvalue weighted by atomic mass is 19.4. The van der Waals surface area contributed by atoms with Crippen LogP contribution in [0.5, 0.6) is 0 Å². The SMILES string of the molecule is OCC(F)CCCCCCCCCCCOCC(F)(F)F. The van der Waals surface area contributed by atoms with Crippen LogP contribution in [0.1, 0.15) is 64.2 Å². The lowest BCUT2D eigenvalue weighted by atomic mass is 10.1. The van der Waals surface area contributed by atoms with Crippen molar-refractivity contribution in [2.45, 2.75) is 76.6 Å². The van der Waals surface area contributed by atoms with Gasteiger partial charge in [-0.15, -0.1) is 0 Å². The van der Waals surface area contributed by atoms with E-state index in [0.29, 0.717) is 12.8 Å². The van der Waals surface area contributed by atoms with E-state index in [2.05, 4.69) is 4.74 Å². The molecule has 0 spiro atoms. The molecule has 0 aromatic rings. The normalized spacial score (nSPS) is 13.6. The second-order valence-electron chi connectivity index (χ2n) is 5.42. The van der Waals surface area contributed by atoms with Crippen LogP contribution in [0, 0.1) is 0 Å². The summed E-state index contributed by atoms with van der Waals surface area (Å²) in [5, 5.41) is 8.51. The van der Waals surface area contributed by atoms with Crippen molar-refractivity contribution >= 4 is 0 Å². The standard InChI is InChI=1S/C15H28F4O2/c16-14(12-20)10-8-6-4-2-1-3-5-7-9-11-21-13-15(17,18)19/h14,20H,1-13H2. The lowest BCUT2D eigenvalue weighted by Crippen LogP contribution is -2.17. The first-order valence-corrected chi connectivity index (χ1v) is 7.85. The van der Waals surface area contributed by atoms with E-state index in [4.69, 9.17) is 5.11 Å². The van der Waals surface area contributed by atoms with Gasteiger partial charge < -0.3 is 9.84 Å². The lowest BCUT2D eigenvalue weighted by molar-refractivity contribution is -0.174. The molecule has 1 N–H and O–H groups in total. The number of aliphatic hydroxyl groups is 1. The van der Waals surface area contributed by atoms with Crippen molar-refractivity contribution in [3.63, 3.8) is 0 Å². The summed E-state index contributed by atoms with van der Waals surface area (Å²) in [6.07, 6.45) is 3.93. The molecule has 0 heterocycles. The molecule has 0 fully saturated rings. The van der Waals surface area contributed by atoms with Gasteiger partial charge in [0, 0.05) is 6.61 Å². The molecule has 6 heteroatoms. The minimum absolute atomic E-state index is 0.175. The molecule has 0 bridgehead atoms. The summed E-state index contributed by atoms with van der Waals surface area (Å²) in [6, 6.07) is 0. The van der Waals surface area contributed by atoms with Crippen LogP contribution < -0.4 is 0 Å². The van der Waals surface area contributed by atoms with Crippen LogP contribution in [0.2, 0.25) is 0 Å². The molecule has 0 rings (SSSR count). The molecule has 0 amide bonds. The smallest absolute Gasteiger partial charge is 0.393 e. The zero-order valence-corrected chi connectivity index (χ0v) is 12.6. The average molecular weight is 316 g/mol. The Morgan fingerprint density at radius 2 is 1.29 bits per heavy atom. The van der Waals surface area contributed by atoms with Gasteiger partial charge in [-0.05, 0) is 12.8 Å². The average Bonchev–Trinajstić information content (AvgIpc) is 2.42. The first-order chi connectivity index (χ1) is 9.95. The molecular formula is C15H28F4O2. The third-order valence-electron chi connectivity index (χ3n) is 3.27. The Balaban J connectivity index is 3.06. The van der Waals surface area contributed by atoms with Gasteiger partial charge in [-0.2, -0.15) is 13.2 Å². The minimum atomic E-state index is -4.22. The van der Waals surface area contributed by atoms with Gasteiger partial charge in [0.2, 0.25) is 0 Å². The molecule has 0 saturated carbocycles. The summed E-state index contributed by atoms with van der Waals surface area (Å²) in [5.41, 5.74) is 0. The minimum Gasteiger partial charge on any atom is -0.393 e. The second kappa shape index (κ2) is 13.3. The molecule has 0 saturated heterocycles. The first kappa shape index (κ1) is 20.6. The predicted molar refractivity (Wildman–Crippen MR) is 75.0 cm³/mol. The van der Waals surface area contributed by atoms with Crippen LogP contribution in [0.15, 0.2) is 0 Å². The van der Waals surface area contributed by atoms with Gasteiger partial charge in [-0.1, -0.05) is 51.4 Å². The van der Waals surface area contributed by atoms with E-state index in [1.807, 2.05) is 0 Å². The van der Waals surface area contributed by atoms with Crippen molar-refractivity contribution in [2.24, 2.45) is 0 Å². The van der Waals surface area contributed by atoms with E-state index in [1.54, 1.807) is 0 Å². The molecule has 0 radical (unpaired) electrons. The summed E-state index contributed by atoms with van der Waals surface area (Å²) in [7, 11) is 0. The molecule has 128 valence electrons. The molecule has 0 aromatic heterocycles. The Labute approximate surface area is 124 Å². The number of alkyl halides is 4. The number of rotatable bonds is 14. The fourth-order valence-electron chi connectivity index (χ4n) is 2.09. The van der Waals surface area contributed by atoms with Gasteiger partial charge in [0.15, 0.2) is 0 Å². The van der Waals surface area contributed by atoms with Gasteiger partial charge in [0.1, 0.15) is 12.8 Å². The van der Waals surface area contributed by atoms with Crippen LogP contribution in [-0.2, 0) is 4.74 Å². The van der Waals surface area contributed by atoms with Crippen LogP contribution in [0.4, 0.5) is 17.6 Å². The van der Waals surface area contributed by atoms with Crippen molar-refractivity contribution < 1.29 is 27.4 Å². The van der Waals surface area contributed by atoms with Gasteiger partial charge in [0.05, 0.1) is 6.61 Å². The van der Waals surface area contributed by atoms with Crippen molar-refractivity contribution in [1.29, 1.82) is 0 Å². The number of aliphatic hydroxyl groups excluding tert-OH is 1. The maximum atomic E-state index is 12.7. The van der Waals surface area contributed by atoms with E-state index in [0.717, 1.165) is 51.4 Å². The van der Waals surface area contributed by atoms with Crippen LogP contribution in [-0.4, -0.2) is 37.3 Å². The van der Waals surface area contributed by atoms with E-state index in [1.165, 1.54) is 0 Å². The van der Waals surface area contributed by atoms with E-state index >= 15 is 0 Å². The summed E-state index contributed by atoms with van der Waals surface area (Å²) >= 11 is 0. The Hall–Kier alpha value is -0.360. The van der Waals surface area contributed by atoms with Gasteiger partial charge in [-0.3, -0.25) is 0 Å². The Kier molecular flexibility index (Phi) is 13.1. The predicted octanol–water partition coefficient (Wildman–Crippen LogP) is 4.80. The highest BCUT2D eigenvalue weighted by Crippen LogP contribution is 2.15. The molecular weight excluding hydrogens is 288 g/mol. The maximum absolute atomic E-state index is 12.7. The maximum Gasteiger partial charge on any atom is 0.411 e. The van der Waals surface area contributed by atoms with Crippen LogP contribution in [0.25, 0.3) is 0 Å². The highest BCUT2D eigenvalue weighted by molar-refractivity contribution is 4.54. The number of ether oxygens (including phenoxy) is 1. The number of halogens is 4. The number of hydrogen-bond acceptors (Lipinski definition) is 2. The lowest BCUT2D eigenvalue weighted by Gasteiger charge is -2.07. The first-order valence-electron chi connectivity index (χ1n) is 7.85. The molecule has 0 aromatic carbocycles. The van der Waals surface area contributed by atoms with Crippen molar-refractivity contribution in [3.8, 4) is 0 Å². The van der Waals surface area contributed by atoms with E-state index in [-0.39, 0.29) is 13.2 Å². The fourth-order valence-corrected chi connectivity index (χ4v) is 2.09. The van der Waals surface area contributed by atoms with Crippen LogP contribution >= 0.6 is 0 Å². The molecule has 0 aliphatic heterocycles. The van der Waals surface area contributed by atoms with Gasteiger partial charge >= 0.3 is 6.18 Å². The molecule has 21 heavy (non-hydrogen) atoms. The quantitative estimate of drug-likeness (QED) is 0.368. The molecule has 0 aliphatic rings. The molecule has 0 aliphatic carbocycles. The summed E-state index contributed by atoms with van der Waals surface area (Å²) in [6.45, 7) is -1.36. The van der Waals surface area contributed by atoms with Crippen molar-refractivity contribution in [2.75, 3.05) is 19.8 Å². The monoisotopic (exact) mass is 316 g/mol. The molecule has 2 nitrogen and oxygen atoms in total. The Morgan fingerprint density at radius 1 is 0.810 bits per heavy atom. The van der Waals surface area contributed by atoms with Crippen LogP contribution in [0.3, 0.4) is 0 Å². The van der Waals surface area contributed by atoms with Gasteiger partial charge in [0.25, 0.3) is 0 Å². The van der Waals surface area contributed by atoms with E-state index < -0.39 is 19.0 Å². The molecule has 1 unspecified atom stereocenters. The summed E-state index contributed by atoms with van der Waals surface area (Å²) in [4.78, 5) is 0. The summed E-state index contributed by atoms with van der Waals surface area (Å²) < 4.78 is 52.5. The van der Waals surface area contributed by atoms with E-state index in [9.17, 15) is 17.6 Å². The number of unbranched alkanes of at least 4 members (excludes halogenated alkanes) is 8. The third-order valence-corrected chi connectivity index (χ3v) is 3.27. The zero-order valence-electron chi connectivity index (χ0n) is 12.6. The number of hydrogen-bond donors (Lipinski definition) is 1. The topological polar surface area (TPSA) is 29.5 Å². The van der Waals surface area contributed by atoms with Gasteiger partial charge in [-0.25, -0.2) is 4.39 Å². The Bertz CT molecular complexity index is 222. The largest absolute Gasteiger partial charge is 0.411 e. The fraction of sp³-hybridized carbons (Fsp3) is 1.00. The Morgan fingerprint density at radius 3 is 1.76 bits per heavy atom. The molecule has 1 atom stereocenters.